The van der Waals surface area contributed by atoms with Gasteiger partial charge in [-0.2, -0.15) is 0 Å². The highest BCUT2D eigenvalue weighted by Crippen LogP contribution is 2.41. The molecule has 0 bridgehead atoms. The summed E-state index contributed by atoms with van der Waals surface area (Å²) in [5.74, 6) is 1.09. The van der Waals surface area contributed by atoms with Gasteiger partial charge < -0.3 is 18.3 Å². The number of hydrogen-bond acceptors (Lipinski definition) is 4. The van der Waals surface area contributed by atoms with Crippen LogP contribution in [0.25, 0.3) is 11.0 Å². The van der Waals surface area contributed by atoms with Crippen LogP contribution in [0.15, 0.2) is 18.2 Å². The van der Waals surface area contributed by atoms with E-state index in [1.165, 1.54) is 5.52 Å². The third-order valence-electron chi connectivity index (χ3n) is 8.69. The van der Waals surface area contributed by atoms with Crippen LogP contribution in [-0.4, -0.2) is 42.3 Å². The van der Waals surface area contributed by atoms with Gasteiger partial charge in [0.05, 0.1) is 22.2 Å². The number of nitrogens with zero attached hydrogens (tertiary/aromatic N) is 2. The van der Waals surface area contributed by atoms with Crippen LogP contribution in [0.1, 0.15) is 86.0 Å². The minimum atomic E-state index is -1.73. The van der Waals surface area contributed by atoms with E-state index >= 15 is 0 Å². The second-order valence-electron chi connectivity index (χ2n) is 12.7. The molecule has 33 heavy (non-hydrogen) atoms. The van der Waals surface area contributed by atoms with Crippen LogP contribution >= 0.6 is 0 Å². The van der Waals surface area contributed by atoms with Crippen molar-refractivity contribution < 1.29 is 13.7 Å². The van der Waals surface area contributed by atoms with E-state index < -0.39 is 8.32 Å². The fourth-order valence-corrected chi connectivity index (χ4v) is 6.25. The molecule has 0 radical (unpaired) electrons. The Hall–Kier alpha value is -1.15. The number of rotatable bonds is 4. The summed E-state index contributed by atoms with van der Waals surface area (Å²) in [5, 5.41) is 0.255. The molecule has 1 aliphatic heterocycles. The standard InChI is InChI=1S/C26H43BN2O3Si/c1-18-28-22-16-11-19(27-31-25(5,6)26(7,8)32-27)17-23(22)29(18)20-12-14-21(15-13-20)30-33(9,10)24(2,3)4/h11,16-17,20-21H,12-15H2,1-10H3/t20-,21-. The molecule has 4 rings (SSSR count). The fraction of sp³-hybridized carbons (Fsp3) is 0.731. The normalized spacial score (nSPS) is 25.7. The van der Waals surface area contributed by atoms with Gasteiger partial charge in [0.1, 0.15) is 5.82 Å². The topological polar surface area (TPSA) is 45.5 Å². The highest BCUT2D eigenvalue weighted by Gasteiger charge is 2.51. The molecule has 1 aromatic heterocycles. The molecule has 0 unspecified atom stereocenters. The molecule has 1 aromatic carbocycles. The predicted octanol–water partition coefficient (Wildman–Crippen LogP) is 6.15. The Bertz CT molecular complexity index is 1000. The second kappa shape index (κ2) is 8.21. The lowest BCUT2D eigenvalue weighted by molar-refractivity contribution is 0.00578. The molecule has 5 nitrogen and oxygen atoms in total. The van der Waals surface area contributed by atoms with E-state index in [-0.39, 0.29) is 23.4 Å². The molecule has 0 amide bonds. The summed E-state index contributed by atoms with van der Waals surface area (Å²) in [5.41, 5.74) is 2.62. The first-order valence-electron chi connectivity index (χ1n) is 12.6. The van der Waals surface area contributed by atoms with Crippen molar-refractivity contribution in [2.24, 2.45) is 0 Å². The monoisotopic (exact) mass is 470 g/mol. The minimum absolute atomic E-state index is 0.255. The number of aromatic nitrogens is 2. The maximum atomic E-state index is 6.73. The van der Waals surface area contributed by atoms with E-state index in [9.17, 15) is 0 Å². The SMILES string of the molecule is Cc1nc2ccc(B3OC(C)(C)C(C)(C)O3)cc2n1[C@H]1CC[C@H](O[Si](C)(C)C(C)(C)C)CC1. The summed E-state index contributed by atoms with van der Waals surface area (Å²) in [6.07, 6.45) is 4.89. The highest BCUT2D eigenvalue weighted by molar-refractivity contribution is 6.74. The Morgan fingerprint density at radius 2 is 1.61 bits per heavy atom. The smallest absolute Gasteiger partial charge is 0.414 e. The van der Waals surface area contributed by atoms with Gasteiger partial charge in [-0.15, -0.1) is 0 Å². The van der Waals surface area contributed by atoms with Gasteiger partial charge >= 0.3 is 7.12 Å². The van der Waals surface area contributed by atoms with E-state index in [1.54, 1.807) is 0 Å². The number of hydrogen-bond donors (Lipinski definition) is 0. The lowest BCUT2D eigenvalue weighted by Crippen LogP contribution is -2.44. The molecule has 2 aromatic rings. The highest BCUT2D eigenvalue weighted by atomic mass is 28.4. The Morgan fingerprint density at radius 1 is 1.03 bits per heavy atom. The summed E-state index contributed by atoms with van der Waals surface area (Å²) in [7, 11) is -2.08. The van der Waals surface area contributed by atoms with Crippen molar-refractivity contribution >= 4 is 31.9 Å². The first-order chi connectivity index (χ1) is 15.1. The molecule has 0 spiro atoms. The maximum absolute atomic E-state index is 6.73. The van der Waals surface area contributed by atoms with E-state index in [0.29, 0.717) is 12.1 Å². The third-order valence-corrected chi connectivity index (χ3v) is 13.2. The zero-order chi connectivity index (χ0) is 24.4. The zero-order valence-electron chi connectivity index (χ0n) is 22.4. The Morgan fingerprint density at radius 3 is 2.15 bits per heavy atom. The molecule has 1 aliphatic carbocycles. The summed E-state index contributed by atoms with van der Waals surface area (Å²) in [6.45, 7) is 22.2. The Labute approximate surface area is 201 Å². The summed E-state index contributed by atoms with van der Waals surface area (Å²) in [4.78, 5) is 4.88. The van der Waals surface area contributed by atoms with Gasteiger partial charge in [0.15, 0.2) is 8.32 Å². The third kappa shape index (κ3) is 4.58. The molecular weight excluding hydrogens is 427 g/mol. The van der Waals surface area contributed by atoms with Crippen molar-refractivity contribution in [2.45, 2.75) is 123 Å². The summed E-state index contributed by atoms with van der Waals surface area (Å²) < 4.78 is 21.8. The molecule has 0 atom stereocenters. The van der Waals surface area contributed by atoms with Gasteiger partial charge in [-0.1, -0.05) is 26.8 Å². The number of benzene rings is 1. The number of aryl methyl sites for hydroxylation is 1. The van der Waals surface area contributed by atoms with Crippen molar-refractivity contribution in [2.75, 3.05) is 0 Å². The first-order valence-corrected chi connectivity index (χ1v) is 15.5. The Kier molecular flexibility index (Phi) is 6.21. The molecule has 2 aliphatic rings. The van der Waals surface area contributed by atoms with Crippen LogP contribution in [0, 0.1) is 6.92 Å². The molecule has 1 saturated heterocycles. The zero-order valence-corrected chi connectivity index (χ0v) is 23.4. The second-order valence-corrected chi connectivity index (χ2v) is 17.4. The molecular formula is C26H43BN2O3Si. The van der Waals surface area contributed by atoms with Crippen molar-refractivity contribution in [3.05, 3.63) is 24.0 Å². The Balaban J connectivity index is 1.53. The van der Waals surface area contributed by atoms with Gasteiger partial charge in [0.25, 0.3) is 0 Å². The molecule has 2 fully saturated rings. The van der Waals surface area contributed by atoms with E-state index in [2.05, 4.69) is 91.3 Å². The average molecular weight is 471 g/mol. The number of fused-ring (bicyclic) bond motifs is 1. The molecule has 0 N–H and O–H groups in total. The molecule has 182 valence electrons. The summed E-state index contributed by atoms with van der Waals surface area (Å²) >= 11 is 0. The predicted molar refractivity (Wildman–Crippen MR) is 140 cm³/mol. The summed E-state index contributed by atoms with van der Waals surface area (Å²) in [6, 6.07) is 6.91. The fourth-order valence-electron chi connectivity index (χ4n) is 4.83. The van der Waals surface area contributed by atoms with Crippen LogP contribution in [0.2, 0.25) is 18.1 Å². The van der Waals surface area contributed by atoms with E-state index in [0.717, 1.165) is 42.5 Å². The molecule has 7 heteroatoms. The van der Waals surface area contributed by atoms with Crippen molar-refractivity contribution in [3.63, 3.8) is 0 Å². The quantitative estimate of drug-likeness (QED) is 0.503. The lowest BCUT2D eigenvalue weighted by atomic mass is 9.79. The lowest BCUT2D eigenvalue weighted by Gasteiger charge is -2.41. The van der Waals surface area contributed by atoms with Gasteiger partial charge in [-0.3, -0.25) is 0 Å². The van der Waals surface area contributed by atoms with E-state index in [1.807, 2.05) is 0 Å². The van der Waals surface area contributed by atoms with E-state index in [4.69, 9.17) is 18.7 Å². The first kappa shape index (κ1) is 25.0. The van der Waals surface area contributed by atoms with Crippen LogP contribution in [-0.2, 0) is 13.7 Å². The van der Waals surface area contributed by atoms with Crippen molar-refractivity contribution in [1.29, 1.82) is 0 Å². The maximum Gasteiger partial charge on any atom is 0.494 e. The number of imidazole rings is 1. The van der Waals surface area contributed by atoms with Gasteiger partial charge in [0, 0.05) is 12.1 Å². The van der Waals surface area contributed by atoms with Gasteiger partial charge in [-0.05, 0) is 96.0 Å². The average Bonchev–Trinajstić information content (AvgIpc) is 3.12. The van der Waals surface area contributed by atoms with Crippen molar-refractivity contribution in [1.82, 2.24) is 9.55 Å². The van der Waals surface area contributed by atoms with Crippen LogP contribution in [0.4, 0.5) is 0 Å². The minimum Gasteiger partial charge on any atom is -0.414 e. The van der Waals surface area contributed by atoms with Crippen LogP contribution in [0.5, 0.6) is 0 Å². The molecule has 1 saturated carbocycles. The van der Waals surface area contributed by atoms with Gasteiger partial charge in [-0.25, -0.2) is 4.98 Å². The van der Waals surface area contributed by atoms with Crippen molar-refractivity contribution in [3.8, 4) is 0 Å². The molecule has 2 heterocycles. The largest absolute Gasteiger partial charge is 0.494 e. The van der Waals surface area contributed by atoms with Gasteiger partial charge in [0.2, 0.25) is 0 Å². The van der Waals surface area contributed by atoms with Crippen LogP contribution in [0.3, 0.4) is 0 Å². The van der Waals surface area contributed by atoms with Crippen LogP contribution < -0.4 is 5.46 Å².